The van der Waals surface area contributed by atoms with E-state index < -0.39 is 0 Å². The van der Waals surface area contributed by atoms with Crippen LogP contribution < -0.4 is 0 Å². The fourth-order valence-corrected chi connectivity index (χ4v) is 9.11. The number of nitrogens with zero attached hydrogens (tertiary/aromatic N) is 3. The van der Waals surface area contributed by atoms with E-state index >= 15 is 0 Å². The fraction of sp³-hybridized carbons (Fsp3) is 0.0556. The van der Waals surface area contributed by atoms with Crippen LogP contribution in [0.1, 0.15) is 25.0 Å². The summed E-state index contributed by atoms with van der Waals surface area (Å²) in [5.74, 6) is 1.97. The summed E-state index contributed by atoms with van der Waals surface area (Å²) < 4.78 is 0. The number of benzene rings is 9. The van der Waals surface area contributed by atoms with Crippen molar-refractivity contribution in [3.63, 3.8) is 0 Å². The van der Waals surface area contributed by atoms with E-state index in [4.69, 9.17) is 15.0 Å². The molecule has 0 saturated carbocycles. The third kappa shape index (κ3) is 5.38. The molecule has 3 heteroatoms. The lowest BCUT2D eigenvalue weighted by Crippen LogP contribution is -2.14. The highest BCUT2D eigenvalue weighted by Gasteiger charge is 2.37. The molecule has 0 unspecified atom stereocenters. The lowest BCUT2D eigenvalue weighted by atomic mass is 9.82. The summed E-state index contributed by atoms with van der Waals surface area (Å²) in [6, 6.07) is 67.4. The summed E-state index contributed by atoms with van der Waals surface area (Å²) in [6.07, 6.45) is 0. The van der Waals surface area contributed by atoms with Crippen molar-refractivity contribution >= 4 is 32.3 Å². The molecule has 0 fully saturated rings. The second-order valence-electron chi connectivity index (χ2n) is 15.6. The highest BCUT2D eigenvalue weighted by atomic mass is 15.0. The van der Waals surface area contributed by atoms with Crippen LogP contribution in [0.3, 0.4) is 0 Å². The third-order valence-corrected chi connectivity index (χ3v) is 11.9. The first-order chi connectivity index (χ1) is 28.0. The summed E-state index contributed by atoms with van der Waals surface area (Å²) >= 11 is 0. The van der Waals surface area contributed by atoms with Gasteiger partial charge in [0, 0.05) is 22.1 Å². The molecule has 57 heavy (non-hydrogen) atoms. The summed E-state index contributed by atoms with van der Waals surface area (Å²) in [4.78, 5) is 15.6. The maximum absolute atomic E-state index is 5.27. The minimum Gasteiger partial charge on any atom is -0.208 e. The molecule has 0 radical (unpaired) electrons. The maximum atomic E-state index is 5.27. The lowest BCUT2D eigenvalue weighted by Gasteiger charge is -2.21. The van der Waals surface area contributed by atoms with Gasteiger partial charge in [-0.25, -0.2) is 15.0 Å². The number of hydrogen-bond acceptors (Lipinski definition) is 3. The first-order valence-electron chi connectivity index (χ1n) is 19.6. The van der Waals surface area contributed by atoms with Crippen LogP contribution in [0, 0.1) is 0 Å². The van der Waals surface area contributed by atoms with Crippen LogP contribution in [0.4, 0.5) is 0 Å². The zero-order valence-corrected chi connectivity index (χ0v) is 31.7. The molecule has 0 saturated heterocycles. The van der Waals surface area contributed by atoms with Crippen LogP contribution in [-0.2, 0) is 5.41 Å². The van der Waals surface area contributed by atoms with Gasteiger partial charge in [-0.2, -0.15) is 0 Å². The molecule has 3 nitrogen and oxygen atoms in total. The average Bonchev–Trinajstić information content (AvgIpc) is 3.51. The number of fused-ring (bicyclic) bond motifs is 7. The number of hydrogen-bond donors (Lipinski definition) is 0. The number of rotatable bonds is 5. The van der Waals surface area contributed by atoms with Gasteiger partial charge in [0.25, 0.3) is 0 Å². The molecule has 0 N–H and O–H groups in total. The summed E-state index contributed by atoms with van der Waals surface area (Å²) in [6.45, 7) is 4.61. The van der Waals surface area contributed by atoms with E-state index in [1.165, 1.54) is 65.7 Å². The largest absolute Gasteiger partial charge is 0.208 e. The minimum atomic E-state index is -0.130. The first kappa shape index (κ1) is 33.1. The Morgan fingerprint density at radius 1 is 0.316 bits per heavy atom. The molecular formula is C54H37N3. The average molecular weight is 728 g/mol. The summed E-state index contributed by atoms with van der Waals surface area (Å²) in [5, 5.41) is 7.52. The van der Waals surface area contributed by atoms with Crippen LogP contribution in [0.25, 0.3) is 99.9 Å². The maximum Gasteiger partial charge on any atom is 0.164 e. The number of aromatic nitrogens is 3. The fourth-order valence-electron chi connectivity index (χ4n) is 9.11. The molecule has 0 atom stereocenters. The zero-order valence-electron chi connectivity index (χ0n) is 31.7. The van der Waals surface area contributed by atoms with Gasteiger partial charge < -0.3 is 0 Å². The van der Waals surface area contributed by atoms with Crippen LogP contribution in [-0.4, -0.2) is 15.0 Å². The standard InChI is InChI=1S/C54H37N3/c1-54(2)47-27-11-10-25-44(47)50-45(26-14-28-48(50)54)53-56-51(35-16-4-3-5-17-35)55-52(57-53)40-22-13-20-37(32-40)36-19-12-21-39(31-36)49-42-24-9-7-18-38(42)33-46-41-23-8-6-15-34(41)29-30-43(46)49/h3-33H,1-2H3. The molecule has 0 amide bonds. The van der Waals surface area contributed by atoms with Crippen molar-refractivity contribution in [2.24, 2.45) is 0 Å². The zero-order chi connectivity index (χ0) is 38.1. The predicted octanol–water partition coefficient (Wildman–Crippen LogP) is 14.0. The van der Waals surface area contributed by atoms with Gasteiger partial charge >= 0.3 is 0 Å². The quantitative estimate of drug-likeness (QED) is 0.131. The van der Waals surface area contributed by atoms with Crippen molar-refractivity contribution in [2.75, 3.05) is 0 Å². The molecule has 9 aromatic carbocycles. The van der Waals surface area contributed by atoms with E-state index in [-0.39, 0.29) is 5.41 Å². The monoisotopic (exact) mass is 727 g/mol. The smallest absolute Gasteiger partial charge is 0.164 e. The van der Waals surface area contributed by atoms with E-state index in [1.807, 2.05) is 18.2 Å². The van der Waals surface area contributed by atoms with Crippen molar-refractivity contribution in [3.8, 4) is 67.5 Å². The van der Waals surface area contributed by atoms with Gasteiger partial charge in [-0.3, -0.25) is 0 Å². The highest BCUT2D eigenvalue weighted by Crippen LogP contribution is 2.51. The Hall–Kier alpha value is -7.23. The Kier molecular flexibility index (Phi) is 7.52. The molecule has 0 aliphatic heterocycles. The first-order valence-corrected chi connectivity index (χ1v) is 19.6. The third-order valence-electron chi connectivity index (χ3n) is 11.9. The predicted molar refractivity (Wildman–Crippen MR) is 237 cm³/mol. The molecule has 268 valence electrons. The highest BCUT2D eigenvalue weighted by molar-refractivity contribution is 6.20. The van der Waals surface area contributed by atoms with Crippen LogP contribution in [0.15, 0.2) is 188 Å². The van der Waals surface area contributed by atoms with Crippen LogP contribution in [0.5, 0.6) is 0 Å². The Bertz CT molecular complexity index is 3220. The van der Waals surface area contributed by atoms with Gasteiger partial charge in [0.15, 0.2) is 17.5 Å². The Balaban J connectivity index is 1.07. The van der Waals surface area contributed by atoms with E-state index in [0.29, 0.717) is 17.5 Å². The molecule has 1 aliphatic carbocycles. The van der Waals surface area contributed by atoms with E-state index in [9.17, 15) is 0 Å². The molecule has 11 rings (SSSR count). The SMILES string of the molecule is CC1(C)c2ccccc2-c2c(-c3nc(-c4ccccc4)nc(-c4cccc(-c5cccc(-c6c7ccccc7cc7c6ccc6ccccc67)c5)c4)n3)cccc21. The topological polar surface area (TPSA) is 38.7 Å². The van der Waals surface area contributed by atoms with Gasteiger partial charge in [0.05, 0.1) is 0 Å². The second kappa shape index (κ2) is 12.9. The van der Waals surface area contributed by atoms with Crippen molar-refractivity contribution in [1.29, 1.82) is 0 Å². The van der Waals surface area contributed by atoms with E-state index in [2.05, 4.69) is 184 Å². The van der Waals surface area contributed by atoms with Gasteiger partial charge in [0.1, 0.15) is 0 Å². The van der Waals surface area contributed by atoms with Gasteiger partial charge in [-0.1, -0.05) is 184 Å². The summed E-state index contributed by atoms with van der Waals surface area (Å²) in [5.41, 5.74) is 12.5. The normalized spacial score (nSPS) is 12.9. The second-order valence-corrected chi connectivity index (χ2v) is 15.6. The van der Waals surface area contributed by atoms with Crippen molar-refractivity contribution in [2.45, 2.75) is 19.3 Å². The van der Waals surface area contributed by atoms with Gasteiger partial charge in [0.2, 0.25) is 0 Å². The lowest BCUT2D eigenvalue weighted by molar-refractivity contribution is 0.660. The molecule has 1 aliphatic rings. The van der Waals surface area contributed by atoms with Gasteiger partial charge in [-0.05, 0) is 95.0 Å². The van der Waals surface area contributed by atoms with Crippen molar-refractivity contribution in [1.82, 2.24) is 15.0 Å². The summed E-state index contributed by atoms with van der Waals surface area (Å²) in [7, 11) is 0. The molecule has 0 bridgehead atoms. The van der Waals surface area contributed by atoms with Gasteiger partial charge in [-0.15, -0.1) is 0 Å². The van der Waals surface area contributed by atoms with Crippen LogP contribution >= 0.6 is 0 Å². The van der Waals surface area contributed by atoms with Crippen LogP contribution in [0.2, 0.25) is 0 Å². The molecule has 10 aromatic rings. The van der Waals surface area contributed by atoms with E-state index in [1.54, 1.807) is 0 Å². The minimum absolute atomic E-state index is 0.130. The molecule has 1 aromatic heterocycles. The Morgan fingerprint density at radius 3 is 1.70 bits per heavy atom. The molecule has 1 heterocycles. The van der Waals surface area contributed by atoms with Crippen molar-refractivity contribution in [3.05, 3.63) is 199 Å². The molecular weight excluding hydrogens is 691 g/mol. The Labute approximate surface area is 332 Å². The molecule has 0 spiro atoms. The van der Waals surface area contributed by atoms with E-state index in [0.717, 1.165) is 27.8 Å². The Morgan fingerprint density at radius 2 is 0.877 bits per heavy atom. The van der Waals surface area contributed by atoms with Crippen molar-refractivity contribution < 1.29 is 0 Å².